The lowest BCUT2D eigenvalue weighted by Crippen LogP contribution is -2.42. The molecule has 0 N–H and O–H groups in total. The van der Waals surface area contributed by atoms with Gasteiger partial charge in [0.25, 0.3) is 5.91 Å². The Balaban J connectivity index is 1.54. The molecule has 1 aromatic carbocycles. The van der Waals surface area contributed by atoms with Gasteiger partial charge in [-0.2, -0.15) is 0 Å². The Bertz CT molecular complexity index is 858. The molecule has 0 radical (unpaired) electrons. The lowest BCUT2D eigenvalue weighted by atomic mass is 10.1. The van der Waals surface area contributed by atoms with Crippen LogP contribution in [0.4, 0.5) is 0 Å². The molecule has 5 nitrogen and oxygen atoms in total. The van der Waals surface area contributed by atoms with Crippen molar-refractivity contribution in [2.45, 2.75) is 13.0 Å². The molecule has 1 atom stereocenters. The number of amides is 1. The van der Waals surface area contributed by atoms with E-state index < -0.39 is 0 Å². The van der Waals surface area contributed by atoms with Crippen molar-refractivity contribution in [2.75, 3.05) is 19.7 Å². The summed E-state index contributed by atoms with van der Waals surface area (Å²) in [6.45, 7) is 3.64. The quantitative estimate of drug-likeness (QED) is 0.724. The molecule has 0 saturated carbocycles. The third-order valence-electron chi connectivity index (χ3n) is 4.34. The molecule has 0 aliphatic carbocycles. The molecule has 1 fully saturated rings. The third kappa shape index (κ3) is 3.23. The normalized spacial score (nSPS) is 17.6. The Labute approximate surface area is 150 Å². The Hall–Kier alpha value is -2.44. The molecule has 6 heteroatoms. The molecule has 0 bridgehead atoms. The number of rotatable bonds is 3. The summed E-state index contributed by atoms with van der Waals surface area (Å²) in [4.78, 5) is 20.4. The number of aromatic nitrogens is 2. The van der Waals surface area contributed by atoms with Gasteiger partial charge in [-0.25, -0.2) is 4.98 Å². The van der Waals surface area contributed by atoms with Crippen molar-refractivity contribution in [1.29, 1.82) is 0 Å². The average Bonchev–Trinajstić information content (AvgIpc) is 3.31. The average molecular weight is 353 g/mol. The highest BCUT2D eigenvalue weighted by Gasteiger charge is 2.28. The fourth-order valence-electron chi connectivity index (χ4n) is 3.01. The first-order valence-electron chi connectivity index (χ1n) is 8.29. The van der Waals surface area contributed by atoms with Gasteiger partial charge in [-0.15, -0.1) is 11.3 Å². The van der Waals surface area contributed by atoms with Gasteiger partial charge >= 0.3 is 0 Å². The van der Waals surface area contributed by atoms with Gasteiger partial charge in [0.15, 0.2) is 5.13 Å². The highest BCUT2D eigenvalue weighted by atomic mass is 32.1. The summed E-state index contributed by atoms with van der Waals surface area (Å²) >= 11 is 1.53. The van der Waals surface area contributed by atoms with Gasteiger partial charge in [0.1, 0.15) is 11.8 Å². The summed E-state index contributed by atoms with van der Waals surface area (Å²) in [5.74, 6) is -0.0172. The van der Waals surface area contributed by atoms with Crippen molar-refractivity contribution in [3.63, 3.8) is 0 Å². The zero-order valence-electron chi connectivity index (χ0n) is 14.0. The van der Waals surface area contributed by atoms with Crippen LogP contribution in [0.1, 0.15) is 27.0 Å². The number of carbonyl (C=O) groups excluding carboxylic acids is 1. The van der Waals surface area contributed by atoms with Gasteiger partial charge in [0.2, 0.25) is 0 Å². The molecule has 3 aromatic rings. The Morgan fingerprint density at radius 1 is 1.20 bits per heavy atom. The number of hydrogen-bond acceptors (Lipinski definition) is 4. The highest BCUT2D eigenvalue weighted by Crippen LogP contribution is 2.26. The number of carbonyl (C=O) groups is 1. The van der Waals surface area contributed by atoms with Gasteiger partial charge in [-0.1, -0.05) is 30.3 Å². The minimum Gasteiger partial charge on any atom is -0.370 e. The second kappa shape index (κ2) is 6.82. The van der Waals surface area contributed by atoms with Crippen molar-refractivity contribution in [2.24, 2.45) is 0 Å². The molecule has 128 valence electrons. The van der Waals surface area contributed by atoms with E-state index in [0.29, 0.717) is 25.4 Å². The molecule has 1 amide bonds. The van der Waals surface area contributed by atoms with Crippen LogP contribution in [0.2, 0.25) is 0 Å². The summed E-state index contributed by atoms with van der Waals surface area (Å²) in [6, 6.07) is 13.9. The van der Waals surface area contributed by atoms with Crippen LogP contribution in [0.5, 0.6) is 0 Å². The topological polar surface area (TPSA) is 47.4 Å². The summed E-state index contributed by atoms with van der Waals surface area (Å²) < 4.78 is 7.79. The summed E-state index contributed by atoms with van der Waals surface area (Å²) in [6.07, 6.45) is 3.79. The third-order valence-corrected chi connectivity index (χ3v) is 5.32. The summed E-state index contributed by atoms with van der Waals surface area (Å²) in [7, 11) is 0. The fourth-order valence-corrected chi connectivity index (χ4v) is 3.87. The fraction of sp³-hybridized carbons (Fsp3) is 0.263. The zero-order valence-corrected chi connectivity index (χ0v) is 14.8. The Kier molecular flexibility index (Phi) is 4.38. The lowest BCUT2D eigenvalue weighted by molar-refractivity contribution is -0.0230. The molecule has 1 aliphatic heterocycles. The van der Waals surface area contributed by atoms with Gasteiger partial charge in [0.05, 0.1) is 13.2 Å². The first-order chi connectivity index (χ1) is 12.2. The van der Waals surface area contributed by atoms with Gasteiger partial charge < -0.3 is 14.2 Å². The smallest absolute Gasteiger partial charge is 0.273 e. The molecular formula is C19H19N3O2S. The molecular weight excluding hydrogens is 334 g/mol. The van der Waals surface area contributed by atoms with E-state index in [0.717, 1.165) is 15.6 Å². The van der Waals surface area contributed by atoms with Gasteiger partial charge in [-0.05, 0) is 24.6 Å². The monoisotopic (exact) mass is 353 g/mol. The van der Waals surface area contributed by atoms with Crippen LogP contribution >= 0.6 is 11.3 Å². The number of aryl methyl sites for hydroxylation is 1. The summed E-state index contributed by atoms with van der Waals surface area (Å²) in [5, 5.41) is 0.818. The van der Waals surface area contributed by atoms with E-state index in [4.69, 9.17) is 4.74 Å². The first kappa shape index (κ1) is 16.1. The van der Waals surface area contributed by atoms with Gasteiger partial charge in [0, 0.05) is 23.8 Å². The number of benzene rings is 1. The van der Waals surface area contributed by atoms with Crippen LogP contribution in [-0.4, -0.2) is 40.1 Å². The van der Waals surface area contributed by atoms with Crippen LogP contribution in [0.3, 0.4) is 0 Å². The molecule has 1 saturated heterocycles. The van der Waals surface area contributed by atoms with Gasteiger partial charge in [-0.3, -0.25) is 4.79 Å². The molecule has 2 aromatic heterocycles. The van der Waals surface area contributed by atoms with E-state index in [2.05, 4.69) is 4.98 Å². The Morgan fingerprint density at radius 3 is 2.72 bits per heavy atom. The Morgan fingerprint density at radius 2 is 1.96 bits per heavy atom. The maximum Gasteiger partial charge on any atom is 0.273 e. The lowest BCUT2D eigenvalue weighted by Gasteiger charge is -2.33. The van der Waals surface area contributed by atoms with E-state index in [1.54, 1.807) is 0 Å². The second-order valence-corrected chi connectivity index (χ2v) is 7.19. The predicted molar refractivity (Wildman–Crippen MR) is 97.2 cm³/mol. The summed E-state index contributed by atoms with van der Waals surface area (Å²) in [5.41, 5.74) is 1.64. The molecule has 1 aliphatic rings. The van der Waals surface area contributed by atoms with Crippen LogP contribution in [0, 0.1) is 6.92 Å². The van der Waals surface area contributed by atoms with Crippen LogP contribution < -0.4 is 0 Å². The molecule has 4 rings (SSSR count). The van der Waals surface area contributed by atoms with E-state index in [9.17, 15) is 4.79 Å². The minimum atomic E-state index is -0.0817. The van der Waals surface area contributed by atoms with E-state index >= 15 is 0 Å². The maximum absolute atomic E-state index is 13.0. The standard InChI is InChI=1S/C19H19N3O2S/c1-14-17(20-19(25-14)21-9-5-6-10-21)18(23)22-11-12-24-16(13-22)15-7-3-2-4-8-15/h2-10,16H,11-13H2,1H3/t16-/m1/s1. The number of hydrogen-bond donors (Lipinski definition) is 0. The second-order valence-electron chi connectivity index (χ2n) is 6.01. The zero-order chi connectivity index (χ0) is 17.2. The van der Waals surface area contributed by atoms with E-state index in [-0.39, 0.29) is 12.0 Å². The van der Waals surface area contributed by atoms with Crippen LogP contribution in [-0.2, 0) is 4.74 Å². The van der Waals surface area contributed by atoms with Crippen molar-refractivity contribution < 1.29 is 9.53 Å². The van der Waals surface area contributed by atoms with E-state index in [1.165, 1.54) is 11.3 Å². The van der Waals surface area contributed by atoms with Crippen molar-refractivity contribution in [1.82, 2.24) is 14.5 Å². The molecule has 0 spiro atoms. The molecule has 3 heterocycles. The van der Waals surface area contributed by atoms with Crippen molar-refractivity contribution >= 4 is 17.2 Å². The minimum absolute atomic E-state index is 0.0172. The SMILES string of the molecule is Cc1sc(-n2cccc2)nc1C(=O)N1CCO[C@@H](c2ccccc2)C1. The molecule has 25 heavy (non-hydrogen) atoms. The first-order valence-corrected chi connectivity index (χ1v) is 9.10. The van der Waals surface area contributed by atoms with E-state index in [1.807, 2.05) is 71.2 Å². The number of nitrogens with zero attached hydrogens (tertiary/aromatic N) is 3. The number of thiazole rings is 1. The van der Waals surface area contributed by atoms with Crippen LogP contribution in [0.15, 0.2) is 54.9 Å². The van der Waals surface area contributed by atoms with Crippen molar-refractivity contribution in [3.05, 3.63) is 71.0 Å². The number of morpholine rings is 1. The maximum atomic E-state index is 13.0. The van der Waals surface area contributed by atoms with Crippen molar-refractivity contribution in [3.8, 4) is 5.13 Å². The highest BCUT2D eigenvalue weighted by molar-refractivity contribution is 7.14. The molecule has 0 unspecified atom stereocenters. The largest absolute Gasteiger partial charge is 0.370 e. The number of ether oxygens (including phenoxy) is 1. The predicted octanol–water partition coefficient (Wildman–Crippen LogP) is 3.46. The van der Waals surface area contributed by atoms with Crippen LogP contribution in [0.25, 0.3) is 5.13 Å².